The van der Waals surface area contributed by atoms with Crippen LogP contribution in [0.2, 0.25) is 0 Å². The Balaban J connectivity index is 1.60. The normalized spacial score (nSPS) is 18.2. The zero-order valence-corrected chi connectivity index (χ0v) is 13.5. The van der Waals surface area contributed by atoms with Crippen molar-refractivity contribution < 1.29 is 4.79 Å². The van der Waals surface area contributed by atoms with Gasteiger partial charge in [0.1, 0.15) is 0 Å². The van der Waals surface area contributed by atoms with Gasteiger partial charge in [0, 0.05) is 16.2 Å². The van der Waals surface area contributed by atoms with Crippen molar-refractivity contribution in [1.82, 2.24) is 10.6 Å². The average Bonchev–Trinajstić information content (AvgIpc) is 3.26. The molecule has 2 aromatic heterocycles. The van der Waals surface area contributed by atoms with Crippen molar-refractivity contribution in [2.24, 2.45) is 5.92 Å². The number of thiophene rings is 2. The summed E-state index contributed by atoms with van der Waals surface area (Å²) in [6.45, 7) is 2.16. The fourth-order valence-corrected chi connectivity index (χ4v) is 4.38. The van der Waals surface area contributed by atoms with Gasteiger partial charge in [-0.3, -0.25) is 4.79 Å². The van der Waals surface area contributed by atoms with E-state index in [2.05, 4.69) is 33.5 Å². The molecule has 3 rings (SSSR count). The van der Waals surface area contributed by atoms with Crippen LogP contribution >= 0.6 is 22.7 Å². The van der Waals surface area contributed by atoms with Gasteiger partial charge in [0.15, 0.2) is 0 Å². The summed E-state index contributed by atoms with van der Waals surface area (Å²) in [5.41, 5.74) is 0. The van der Waals surface area contributed by atoms with E-state index >= 15 is 0 Å². The standard InChI is InChI=1S/C16H20N2OS2/c19-15(6-5-12-7-8-17-11-12)18-16(13-3-1-9-20-13)14-4-2-10-21-14/h1-4,9-10,12,16-17H,5-8,11H2,(H,18,19). The highest BCUT2D eigenvalue weighted by Gasteiger charge is 2.20. The molecule has 0 aromatic carbocycles. The second-order valence-electron chi connectivity index (χ2n) is 5.43. The van der Waals surface area contributed by atoms with Crippen molar-refractivity contribution in [2.45, 2.75) is 25.3 Å². The molecule has 0 spiro atoms. The summed E-state index contributed by atoms with van der Waals surface area (Å²) >= 11 is 3.39. The van der Waals surface area contributed by atoms with E-state index in [9.17, 15) is 4.79 Å². The molecule has 1 unspecified atom stereocenters. The van der Waals surface area contributed by atoms with Gasteiger partial charge in [0.2, 0.25) is 5.91 Å². The quantitative estimate of drug-likeness (QED) is 0.856. The highest BCUT2D eigenvalue weighted by molar-refractivity contribution is 7.11. The van der Waals surface area contributed by atoms with Gasteiger partial charge < -0.3 is 10.6 Å². The van der Waals surface area contributed by atoms with Gasteiger partial charge in [-0.2, -0.15) is 0 Å². The van der Waals surface area contributed by atoms with E-state index in [1.165, 1.54) is 16.2 Å². The maximum Gasteiger partial charge on any atom is 0.220 e. The molecule has 1 saturated heterocycles. The Bertz CT molecular complexity index is 511. The second-order valence-corrected chi connectivity index (χ2v) is 7.39. The lowest BCUT2D eigenvalue weighted by Gasteiger charge is -2.17. The number of carbonyl (C=O) groups excluding carboxylic acids is 1. The van der Waals surface area contributed by atoms with Crippen LogP contribution in [0.25, 0.3) is 0 Å². The lowest BCUT2D eigenvalue weighted by atomic mass is 10.0. The monoisotopic (exact) mass is 320 g/mol. The molecule has 1 atom stereocenters. The van der Waals surface area contributed by atoms with Gasteiger partial charge in [0.05, 0.1) is 6.04 Å². The fourth-order valence-electron chi connectivity index (χ4n) is 2.72. The second kappa shape index (κ2) is 7.20. The van der Waals surface area contributed by atoms with Gasteiger partial charge >= 0.3 is 0 Å². The Kier molecular flexibility index (Phi) is 5.06. The zero-order chi connectivity index (χ0) is 14.5. The van der Waals surface area contributed by atoms with Crippen LogP contribution in [0, 0.1) is 5.92 Å². The molecule has 5 heteroatoms. The summed E-state index contributed by atoms with van der Waals surface area (Å²) in [6.07, 6.45) is 2.81. The van der Waals surface area contributed by atoms with Crippen molar-refractivity contribution in [2.75, 3.05) is 13.1 Å². The number of carbonyl (C=O) groups is 1. The molecular formula is C16H20N2OS2. The summed E-state index contributed by atoms with van der Waals surface area (Å²) in [5, 5.41) is 10.7. The molecule has 2 N–H and O–H groups in total. The van der Waals surface area contributed by atoms with Gasteiger partial charge in [0.25, 0.3) is 0 Å². The van der Waals surface area contributed by atoms with Crippen molar-refractivity contribution >= 4 is 28.6 Å². The van der Waals surface area contributed by atoms with E-state index in [1.807, 2.05) is 12.1 Å². The smallest absolute Gasteiger partial charge is 0.220 e. The van der Waals surface area contributed by atoms with Crippen molar-refractivity contribution in [3.8, 4) is 0 Å². The Morgan fingerprint density at radius 3 is 2.52 bits per heavy atom. The molecule has 21 heavy (non-hydrogen) atoms. The minimum absolute atomic E-state index is 0.0132. The van der Waals surface area contributed by atoms with E-state index in [1.54, 1.807) is 22.7 Å². The van der Waals surface area contributed by atoms with E-state index < -0.39 is 0 Å². The first kappa shape index (κ1) is 14.8. The minimum atomic E-state index is 0.0132. The van der Waals surface area contributed by atoms with Gasteiger partial charge in [-0.25, -0.2) is 0 Å². The third-order valence-corrected chi connectivity index (χ3v) is 5.78. The number of hydrogen-bond acceptors (Lipinski definition) is 4. The summed E-state index contributed by atoms with van der Waals surface area (Å²) in [7, 11) is 0. The van der Waals surface area contributed by atoms with E-state index in [4.69, 9.17) is 0 Å². The molecule has 2 aromatic rings. The molecule has 0 bridgehead atoms. The van der Waals surface area contributed by atoms with Crippen molar-refractivity contribution in [3.63, 3.8) is 0 Å². The molecule has 0 aliphatic carbocycles. The summed E-state index contributed by atoms with van der Waals surface area (Å²) in [4.78, 5) is 14.7. The zero-order valence-electron chi connectivity index (χ0n) is 11.9. The predicted octanol–water partition coefficient (Wildman–Crippen LogP) is 3.40. The topological polar surface area (TPSA) is 41.1 Å². The lowest BCUT2D eigenvalue weighted by Crippen LogP contribution is -2.28. The number of amides is 1. The first-order valence-corrected chi connectivity index (χ1v) is 9.16. The largest absolute Gasteiger partial charge is 0.344 e. The van der Waals surface area contributed by atoms with Crippen LogP contribution in [0.5, 0.6) is 0 Å². The summed E-state index contributed by atoms with van der Waals surface area (Å²) in [6, 6.07) is 8.28. The molecule has 1 aliphatic rings. The molecule has 3 heterocycles. The van der Waals surface area contributed by atoms with E-state index in [-0.39, 0.29) is 11.9 Å². The van der Waals surface area contributed by atoms with Crippen molar-refractivity contribution in [1.29, 1.82) is 0 Å². The highest BCUT2D eigenvalue weighted by atomic mass is 32.1. The van der Waals surface area contributed by atoms with Crippen LogP contribution in [-0.2, 0) is 4.79 Å². The van der Waals surface area contributed by atoms with Crippen molar-refractivity contribution in [3.05, 3.63) is 44.8 Å². The maximum atomic E-state index is 12.3. The van der Waals surface area contributed by atoms with Crippen LogP contribution in [-0.4, -0.2) is 19.0 Å². The Hall–Kier alpha value is -1.17. The summed E-state index contributed by atoms with van der Waals surface area (Å²) < 4.78 is 0. The van der Waals surface area contributed by atoms with Gasteiger partial charge in [-0.1, -0.05) is 12.1 Å². The molecule has 112 valence electrons. The molecule has 1 amide bonds. The van der Waals surface area contributed by atoms with E-state index in [0.717, 1.165) is 19.5 Å². The molecular weight excluding hydrogens is 300 g/mol. The number of rotatable bonds is 6. The van der Waals surface area contributed by atoms with Crippen LogP contribution in [0.15, 0.2) is 35.0 Å². The Labute approximate surface area is 133 Å². The third kappa shape index (κ3) is 3.93. The predicted molar refractivity (Wildman–Crippen MR) is 88.8 cm³/mol. The minimum Gasteiger partial charge on any atom is -0.344 e. The first-order chi connectivity index (χ1) is 10.3. The van der Waals surface area contributed by atoms with Crippen LogP contribution in [0.3, 0.4) is 0 Å². The average molecular weight is 320 g/mol. The Morgan fingerprint density at radius 1 is 1.29 bits per heavy atom. The molecule has 0 saturated carbocycles. The van der Waals surface area contributed by atoms with Gasteiger partial charge in [-0.15, -0.1) is 22.7 Å². The first-order valence-electron chi connectivity index (χ1n) is 7.40. The third-order valence-electron chi connectivity index (χ3n) is 3.90. The lowest BCUT2D eigenvalue weighted by molar-refractivity contribution is -0.121. The van der Waals surface area contributed by atoms with Crippen LogP contribution in [0.4, 0.5) is 0 Å². The summed E-state index contributed by atoms with van der Waals surface area (Å²) in [5.74, 6) is 0.825. The fraction of sp³-hybridized carbons (Fsp3) is 0.438. The van der Waals surface area contributed by atoms with E-state index in [0.29, 0.717) is 12.3 Å². The maximum absolute atomic E-state index is 12.3. The molecule has 3 nitrogen and oxygen atoms in total. The SMILES string of the molecule is O=C(CCC1CCNC1)NC(c1cccs1)c1cccs1. The van der Waals surface area contributed by atoms with Gasteiger partial charge in [-0.05, 0) is 54.7 Å². The van der Waals surface area contributed by atoms with Crippen LogP contribution in [0.1, 0.15) is 35.1 Å². The molecule has 0 radical (unpaired) electrons. The molecule has 1 fully saturated rings. The number of nitrogens with one attached hydrogen (secondary N) is 2. The van der Waals surface area contributed by atoms with Crippen LogP contribution < -0.4 is 10.6 Å². The number of hydrogen-bond donors (Lipinski definition) is 2. The molecule has 1 aliphatic heterocycles. The Morgan fingerprint density at radius 2 is 2.00 bits per heavy atom. The highest BCUT2D eigenvalue weighted by Crippen LogP contribution is 2.29.